The number of benzene rings is 1. The van der Waals surface area contributed by atoms with E-state index in [1.807, 2.05) is 12.1 Å². The van der Waals surface area contributed by atoms with Gasteiger partial charge in [0.15, 0.2) is 0 Å². The van der Waals surface area contributed by atoms with Gasteiger partial charge in [0.25, 0.3) is 0 Å². The molecule has 0 aliphatic carbocycles. The van der Waals surface area contributed by atoms with Crippen molar-refractivity contribution in [2.24, 2.45) is 0 Å². The van der Waals surface area contributed by atoms with Crippen LogP contribution < -0.4 is 0 Å². The van der Waals surface area contributed by atoms with Gasteiger partial charge in [-0.3, -0.25) is 0 Å². The van der Waals surface area contributed by atoms with Gasteiger partial charge in [0.1, 0.15) is 5.82 Å². The molecule has 2 heteroatoms. The van der Waals surface area contributed by atoms with E-state index in [4.69, 9.17) is 0 Å². The fourth-order valence-corrected chi connectivity index (χ4v) is 1.90. The highest BCUT2D eigenvalue weighted by Crippen LogP contribution is 2.33. The fraction of sp³-hybridized carbons (Fsp3) is 0.385. The van der Waals surface area contributed by atoms with Crippen molar-refractivity contribution < 1.29 is 4.39 Å². The van der Waals surface area contributed by atoms with Gasteiger partial charge in [-0.25, -0.2) is 4.39 Å². The Morgan fingerprint density at radius 3 is 2.67 bits per heavy atom. The lowest BCUT2D eigenvalue weighted by Gasteiger charge is -2.24. The second-order valence-electron chi connectivity index (χ2n) is 4.60. The second-order valence-corrected chi connectivity index (χ2v) is 4.60. The molecule has 0 aliphatic rings. The van der Waals surface area contributed by atoms with Crippen molar-refractivity contribution in [3.05, 3.63) is 35.8 Å². The molecule has 1 heterocycles. The topological polar surface area (TPSA) is 15.8 Å². The Balaban J connectivity index is 2.72. The van der Waals surface area contributed by atoms with Gasteiger partial charge in [-0.05, 0) is 29.5 Å². The molecular formula is C13H16FN. The number of hydrogen-bond donors (Lipinski definition) is 1. The Hall–Kier alpha value is -1.31. The Labute approximate surface area is 89.3 Å². The molecular weight excluding hydrogens is 189 g/mol. The van der Waals surface area contributed by atoms with Gasteiger partial charge in [0, 0.05) is 11.6 Å². The number of nitrogens with one attached hydrogen (secondary N) is 1. The first-order valence-corrected chi connectivity index (χ1v) is 5.32. The molecule has 1 N–H and O–H groups in total. The van der Waals surface area contributed by atoms with Gasteiger partial charge in [0.2, 0.25) is 0 Å². The molecule has 0 atom stereocenters. The van der Waals surface area contributed by atoms with E-state index in [2.05, 4.69) is 25.8 Å². The highest BCUT2D eigenvalue weighted by Gasteiger charge is 2.21. The maximum atomic E-state index is 13.5. The average molecular weight is 205 g/mol. The smallest absolute Gasteiger partial charge is 0.147 e. The largest absolute Gasteiger partial charge is 0.359 e. The third-order valence-corrected chi connectivity index (χ3v) is 3.29. The van der Waals surface area contributed by atoms with Crippen molar-refractivity contribution in [2.75, 3.05) is 0 Å². The minimum absolute atomic E-state index is 0.0914. The van der Waals surface area contributed by atoms with Crippen LogP contribution in [0.15, 0.2) is 24.4 Å². The normalized spacial score (nSPS) is 12.3. The third kappa shape index (κ3) is 1.54. The standard InChI is InChI=1S/C13H16FN/c1-4-13(2,3)10-5-6-11(14)12-9(10)7-8-15-12/h5-8,15H,4H2,1-3H3. The number of rotatable bonds is 2. The molecule has 1 aromatic heterocycles. The summed E-state index contributed by atoms with van der Waals surface area (Å²) in [5.41, 5.74) is 1.92. The van der Waals surface area contributed by atoms with Crippen LogP contribution in [-0.4, -0.2) is 4.98 Å². The van der Waals surface area contributed by atoms with Crippen LogP contribution in [0, 0.1) is 5.82 Å². The zero-order chi connectivity index (χ0) is 11.1. The molecule has 1 aromatic carbocycles. The van der Waals surface area contributed by atoms with E-state index in [9.17, 15) is 4.39 Å². The minimum atomic E-state index is -0.175. The SMILES string of the molecule is CCC(C)(C)c1ccc(F)c2[nH]ccc12. The number of aromatic amines is 1. The summed E-state index contributed by atoms with van der Waals surface area (Å²) in [6, 6.07) is 5.39. The molecule has 80 valence electrons. The summed E-state index contributed by atoms with van der Waals surface area (Å²) >= 11 is 0. The number of halogens is 1. The molecule has 2 aromatic rings. The van der Waals surface area contributed by atoms with Crippen LogP contribution in [0.3, 0.4) is 0 Å². The highest BCUT2D eigenvalue weighted by atomic mass is 19.1. The number of hydrogen-bond acceptors (Lipinski definition) is 0. The molecule has 0 spiro atoms. The van der Waals surface area contributed by atoms with Crippen LogP contribution in [0.1, 0.15) is 32.8 Å². The van der Waals surface area contributed by atoms with Crippen molar-refractivity contribution in [3.8, 4) is 0 Å². The van der Waals surface area contributed by atoms with Crippen molar-refractivity contribution in [1.29, 1.82) is 0 Å². The predicted octanol–water partition coefficient (Wildman–Crippen LogP) is 3.99. The summed E-state index contributed by atoms with van der Waals surface area (Å²) < 4.78 is 13.5. The maximum absolute atomic E-state index is 13.5. The predicted molar refractivity (Wildman–Crippen MR) is 61.6 cm³/mol. The van der Waals surface area contributed by atoms with E-state index >= 15 is 0 Å². The van der Waals surface area contributed by atoms with Gasteiger partial charge in [-0.2, -0.15) is 0 Å². The van der Waals surface area contributed by atoms with Gasteiger partial charge in [-0.1, -0.05) is 26.8 Å². The molecule has 0 radical (unpaired) electrons. The van der Waals surface area contributed by atoms with E-state index in [0.717, 1.165) is 11.8 Å². The lowest BCUT2D eigenvalue weighted by molar-refractivity contribution is 0.509. The molecule has 0 aliphatic heterocycles. The van der Waals surface area contributed by atoms with Gasteiger partial charge >= 0.3 is 0 Å². The molecule has 0 saturated carbocycles. The van der Waals surface area contributed by atoms with Gasteiger partial charge < -0.3 is 4.98 Å². The van der Waals surface area contributed by atoms with E-state index in [1.54, 1.807) is 12.3 Å². The summed E-state index contributed by atoms with van der Waals surface area (Å²) in [4.78, 5) is 2.95. The third-order valence-electron chi connectivity index (χ3n) is 3.29. The second kappa shape index (κ2) is 3.37. The van der Waals surface area contributed by atoms with Crippen LogP contribution in [0.25, 0.3) is 10.9 Å². The van der Waals surface area contributed by atoms with Crippen molar-refractivity contribution >= 4 is 10.9 Å². The zero-order valence-corrected chi connectivity index (χ0v) is 9.39. The summed E-state index contributed by atoms with van der Waals surface area (Å²) in [6.45, 7) is 6.53. The van der Waals surface area contributed by atoms with E-state index < -0.39 is 0 Å². The molecule has 0 fully saturated rings. The first kappa shape index (κ1) is 10.2. The highest BCUT2D eigenvalue weighted by molar-refractivity contribution is 5.84. The van der Waals surface area contributed by atoms with Crippen molar-refractivity contribution in [2.45, 2.75) is 32.6 Å². The van der Waals surface area contributed by atoms with Crippen molar-refractivity contribution in [3.63, 3.8) is 0 Å². The molecule has 0 amide bonds. The van der Waals surface area contributed by atoms with Crippen LogP contribution in [0.4, 0.5) is 4.39 Å². The first-order valence-electron chi connectivity index (χ1n) is 5.32. The summed E-state index contributed by atoms with van der Waals surface area (Å²) in [6.07, 6.45) is 2.84. The fourth-order valence-electron chi connectivity index (χ4n) is 1.90. The monoisotopic (exact) mass is 205 g/mol. The zero-order valence-electron chi connectivity index (χ0n) is 9.39. The molecule has 0 unspecified atom stereocenters. The quantitative estimate of drug-likeness (QED) is 0.762. The molecule has 0 bridgehead atoms. The van der Waals surface area contributed by atoms with Crippen LogP contribution in [0.2, 0.25) is 0 Å². The average Bonchev–Trinajstić information content (AvgIpc) is 2.67. The lowest BCUT2D eigenvalue weighted by Crippen LogP contribution is -2.15. The van der Waals surface area contributed by atoms with Gasteiger partial charge in [-0.15, -0.1) is 0 Å². The van der Waals surface area contributed by atoms with Gasteiger partial charge in [0.05, 0.1) is 5.52 Å². The Kier molecular flexibility index (Phi) is 2.29. The summed E-state index contributed by atoms with van der Waals surface area (Å²) in [5.74, 6) is -0.175. The molecule has 0 saturated heterocycles. The number of fused-ring (bicyclic) bond motifs is 1. The molecule has 15 heavy (non-hydrogen) atoms. The summed E-state index contributed by atoms with van der Waals surface area (Å²) in [7, 11) is 0. The lowest BCUT2D eigenvalue weighted by atomic mass is 9.80. The van der Waals surface area contributed by atoms with Crippen LogP contribution >= 0.6 is 0 Å². The molecule has 1 nitrogen and oxygen atoms in total. The van der Waals surface area contributed by atoms with E-state index in [0.29, 0.717) is 5.52 Å². The van der Waals surface area contributed by atoms with Crippen molar-refractivity contribution in [1.82, 2.24) is 4.98 Å². The maximum Gasteiger partial charge on any atom is 0.147 e. The number of aromatic nitrogens is 1. The number of H-pyrrole nitrogens is 1. The van der Waals surface area contributed by atoms with E-state index in [1.165, 1.54) is 5.56 Å². The first-order chi connectivity index (χ1) is 7.06. The molecule has 2 rings (SSSR count). The Morgan fingerprint density at radius 2 is 2.00 bits per heavy atom. The van der Waals surface area contributed by atoms with Crippen LogP contribution in [-0.2, 0) is 5.41 Å². The minimum Gasteiger partial charge on any atom is -0.359 e. The summed E-state index contributed by atoms with van der Waals surface area (Å²) in [5, 5.41) is 1.00. The van der Waals surface area contributed by atoms with Crippen LogP contribution in [0.5, 0.6) is 0 Å². The Morgan fingerprint density at radius 1 is 1.27 bits per heavy atom. The van der Waals surface area contributed by atoms with E-state index in [-0.39, 0.29) is 11.2 Å². The Bertz CT molecular complexity index is 482.